The van der Waals surface area contributed by atoms with Gasteiger partial charge in [0.15, 0.2) is 0 Å². The van der Waals surface area contributed by atoms with Crippen molar-refractivity contribution in [3.05, 3.63) is 0 Å². The SMILES string of the molecule is CCC(C)N(C)CC1(CS)CCC1. The Morgan fingerprint density at radius 1 is 1.46 bits per heavy atom. The molecule has 0 N–H and O–H groups in total. The second kappa shape index (κ2) is 4.70. The first kappa shape index (κ1) is 11.4. The van der Waals surface area contributed by atoms with Crippen LogP contribution in [0.15, 0.2) is 0 Å². The van der Waals surface area contributed by atoms with Crippen LogP contribution in [0.25, 0.3) is 0 Å². The van der Waals surface area contributed by atoms with E-state index in [9.17, 15) is 0 Å². The van der Waals surface area contributed by atoms with Gasteiger partial charge in [-0.25, -0.2) is 0 Å². The van der Waals surface area contributed by atoms with Gasteiger partial charge < -0.3 is 4.90 Å². The molecule has 0 aromatic heterocycles. The van der Waals surface area contributed by atoms with Crippen molar-refractivity contribution in [3.8, 4) is 0 Å². The average Bonchev–Trinajstić information content (AvgIpc) is 2.09. The fourth-order valence-electron chi connectivity index (χ4n) is 2.04. The van der Waals surface area contributed by atoms with E-state index in [1.807, 2.05) is 0 Å². The van der Waals surface area contributed by atoms with Crippen molar-refractivity contribution in [2.24, 2.45) is 5.41 Å². The van der Waals surface area contributed by atoms with Gasteiger partial charge in [-0.2, -0.15) is 12.6 Å². The summed E-state index contributed by atoms with van der Waals surface area (Å²) < 4.78 is 0. The second-order valence-corrected chi connectivity index (χ2v) is 5.00. The summed E-state index contributed by atoms with van der Waals surface area (Å²) in [7, 11) is 2.25. The molecule has 0 aromatic rings. The summed E-state index contributed by atoms with van der Waals surface area (Å²) in [5.74, 6) is 1.06. The van der Waals surface area contributed by atoms with Crippen LogP contribution < -0.4 is 0 Å². The van der Waals surface area contributed by atoms with E-state index in [0.29, 0.717) is 5.41 Å². The maximum absolute atomic E-state index is 4.48. The summed E-state index contributed by atoms with van der Waals surface area (Å²) in [5.41, 5.74) is 0.557. The van der Waals surface area contributed by atoms with Gasteiger partial charge in [0.05, 0.1) is 0 Å². The molecule has 0 bridgehead atoms. The molecular formula is C11H23NS. The zero-order chi connectivity index (χ0) is 9.90. The average molecular weight is 201 g/mol. The molecule has 1 atom stereocenters. The van der Waals surface area contributed by atoms with Crippen LogP contribution >= 0.6 is 12.6 Å². The summed E-state index contributed by atoms with van der Waals surface area (Å²) in [4.78, 5) is 2.50. The molecule has 1 aliphatic rings. The first-order valence-corrected chi connectivity index (χ1v) is 6.08. The molecule has 1 fully saturated rings. The van der Waals surface area contributed by atoms with E-state index < -0.39 is 0 Å². The van der Waals surface area contributed by atoms with Crippen molar-refractivity contribution in [1.29, 1.82) is 0 Å². The van der Waals surface area contributed by atoms with Gasteiger partial charge >= 0.3 is 0 Å². The lowest BCUT2D eigenvalue weighted by molar-refractivity contribution is 0.0846. The molecular weight excluding hydrogens is 178 g/mol. The van der Waals surface area contributed by atoms with Crippen molar-refractivity contribution in [2.45, 2.75) is 45.6 Å². The fourth-order valence-corrected chi connectivity index (χ4v) is 2.46. The van der Waals surface area contributed by atoms with Crippen LogP contribution in [0.2, 0.25) is 0 Å². The standard InChI is InChI=1S/C11H23NS/c1-4-10(2)12(3)8-11(9-13)6-5-7-11/h10,13H,4-9H2,1-3H3. The molecule has 0 aromatic carbocycles. The Kier molecular flexibility index (Phi) is 4.11. The molecule has 1 unspecified atom stereocenters. The summed E-state index contributed by atoms with van der Waals surface area (Å²) >= 11 is 4.48. The first-order valence-electron chi connectivity index (χ1n) is 5.44. The molecule has 1 aliphatic carbocycles. The van der Waals surface area contributed by atoms with Crippen molar-refractivity contribution in [3.63, 3.8) is 0 Å². The van der Waals surface area contributed by atoms with Gasteiger partial charge in [0.1, 0.15) is 0 Å². The smallest absolute Gasteiger partial charge is 0.00614 e. The van der Waals surface area contributed by atoms with Crippen molar-refractivity contribution >= 4 is 12.6 Å². The molecule has 1 saturated carbocycles. The molecule has 0 radical (unpaired) electrons. The zero-order valence-electron chi connectivity index (χ0n) is 9.21. The lowest BCUT2D eigenvalue weighted by Gasteiger charge is -2.44. The number of nitrogens with zero attached hydrogens (tertiary/aromatic N) is 1. The predicted molar refractivity (Wildman–Crippen MR) is 62.5 cm³/mol. The van der Waals surface area contributed by atoms with Crippen LogP contribution in [0.1, 0.15) is 39.5 Å². The maximum Gasteiger partial charge on any atom is 0.00614 e. The van der Waals surface area contributed by atoms with Crippen molar-refractivity contribution in [1.82, 2.24) is 4.90 Å². The normalized spacial score (nSPS) is 22.8. The Labute approximate surface area is 88.3 Å². The van der Waals surface area contributed by atoms with Crippen molar-refractivity contribution < 1.29 is 0 Å². The second-order valence-electron chi connectivity index (χ2n) is 4.68. The third kappa shape index (κ3) is 2.63. The quantitative estimate of drug-likeness (QED) is 0.669. The first-order chi connectivity index (χ1) is 6.13. The Morgan fingerprint density at radius 2 is 2.08 bits per heavy atom. The lowest BCUT2D eigenvalue weighted by atomic mass is 9.70. The highest BCUT2D eigenvalue weighted by Crippen LogP contribution is 2.42. The Morgan fingerprint density at radius 3 is 2.38 bits per heavy atom. The Bertz CT molecular complexity index is 149. The molecule has 13 heavy (non-hydrogen) atoms. The molecule has 0 spiro atoms. The van der Waals surface area contributed by atoms with Gasteiger partial charge in [-0.3, -0.25) is 0 Å². The van der Waals surface area contributed by atoms with Crippen LogP contribution in [-0.4, -0.2) is 30.3 Å². The van der Waals surface area contributed by atoms with E-state index in [1.54, 1.807) is 0 Å². The van der Waals surface area contributed by atoms with Gasteiger partial charge in [0.25, 0.3) is 0 Å². The molecule has 0 aliphatic heterocycles. The topological polar surface area (TPSA) is 3.24 Å². The number of thiol groups is 1. The van der Waals surface area contributed by atoms with E-state index in [0.717, 1.165) is 11.8 Å². The minimum Gasteiger partial charge on any atom is -0.303 e. The number of hydrogen-bond donors (Lipinski definition) is 1. The zero-order valence-corrected chi connectivity index (χ0v) is 10.1. The minimum atomic E-state index is 0.557. The molecule has 0 amide bonds. The van der Waals surface area contributed by atoms with Crippen LogP contribution in [-0.2, 0) is 0 Å². The van der Waals surface area contributed by atoms with E-state index in [4.69, 9.17) is 0 Å². The Hall–Kier alpha value is 0.310. The predicted octanol–water partition coefficient (Wildman–Crippen LogP) is 2.82. The molecule has 1 nitrogen and oxygen atoms in total. The molecule has 78 valence electrons. The lowest BCUT2D eigenvalue weighted by Crippen LogP contribution is -2.45. The molecule has 2 heteroatoms. The summed E-state index contributed by atoms with van der Waals surface area (Å²) in [6.45, 7) is 5.81. The monoisotopic (exact) mass is 201 g/mol. The Balaban J connectivity index is 2.37. The third-order valence-corrected chi connectivity index (χ3v) is 4.35. The largest absolute Gasteiger partial charge is 0.303 e. The van der Waals surface area contributed by atoms with Crippen LogP contribution in [0.5, 0.6) is 0 Å². The van der Waals surface area contributed by atoms with Crippen LogP contribution in [0, 0.1) is 5.41 Å². The number of hydrogen-bond acceptors (Lipinski definition) is 2. The van der Waals surface area contributed by atoms with Crippen LogP contribution in [0.3, 0.4) is 0 Å². The van der Waals surface area contributed by atoms with E-state index in [-0.39, 0.29) is 0 Å². The van der Waals surface area contributed by atoms with Crippen molar-refractivity contribution in [2.75, 3.05) is 19.3 Å². The van der Waals surface area contributed by atoms with Gasteiger partial charge in [0.2, 0.25) is 0 Å². The summed E-state index contributed by atoms with van der Waals surface area (Å²) in [6.07, 6.45) is 5.43. The summed E-state index contributed by atoms with van der Waals surface area (Å²) in [6, 6.07) is 0.720. The van der Waals surface area contributed by atoms with Gasteiger partial charge in [-0.05, 0) is 44.4 Å². The fraction of sp³-hybridized carbons (Fsp3) is 1.00. The molecule has 0 heterocycles. The van der Waals surface area contributed by atoms with E-state index in [1.165, 1.54) is 32.2 Å². The molecule has 0 saturated heterocycles. The van der Waals surface area contributed by atoms with Gasteiger partial charge in [-0.15, -0.1) is 0 Å². The van der Waals surface area contributed by atoms with Gasteiger partial charge in [0, 0.05) is 12.6 Å². The van der Waals surface area contributed by atoms with E-state index in [2.05, 4.69) is 38.4 Å². The molecule has 1 rings (SSSR count). The minimum absolute atomic E-state index is 0.557. The van der Waals surface area contributed by atoms with Crippen LogP contribution in [0.4, 0.5) is 0 Å². The summed E-state index contributed by atoms with van der Waals surface area (Å²) in [5, 5.41) is 0. The number of rotatable bonds is 5. The van der Waals surface area contributed by atoms with Gasteiger partial charge in [-0.1, -0.05) is 13.3 Å². The highest BCUT2D eigenvalue weighted by Gasteiger charge is 2.36. The highest BCUT2D eigenvalue weighted by molar-refractivity contribution is 7.80. The van der Waals surface area contributed by atoms with E-state index >= 15 is 0 Å². The highest BCUT2D eigenvalue weighted by atomic mass is 32.1. The third-order valence-electron chi connectivity index (χ3n) is 3.68. The maximum atomic E-state index is 4.48.